The number of rotatable bonds is 4. The predicted molar refractivity (Wildman–Crippen MR) is 92.3 cm³/mol. The summed E-state index contributed by atoms with van der Waals surface area (Å²) in [6.07, 6.45) is 6.63. The highest BCUT2D eigenvalue weighted by Gasteiger charge is 2.22. The Bertz CT molecular complexity index is 526. The van der Waals surface area contributed by atoms with Crippen LogP contribution in [0.5, 0.6) is 0 Å². The zero-order chi connectivity index (χ0) is 16.8. The summed E-state index contributed by atoms with van der Waals surface area (Å²) in [5.74, 6) is 0.700. The van der Waals surface area contributed by atoms with Gasteiger partial charge in [-0.2, -0.15) is 0 Å². The van der Waals surface area contributed by atoms with Gasteiger partial charge in [0.15, 0.2) is 0 Å². The molecule has 0 aliphatic carbocycles. The van der Waals surface area contributed by atoms with Gasteiger partial charge in [0.1, 0.15) is 0 Å². The lowest BCUT2D eigenvalue weighted by molar-refractivity contribution is -0.00101. The van der Waals surface area contributed by atoms with Crippen LogP contribution in [-0.4, -0.2) is 60.9 Å². The molecule has 8 nitrogen and oxygen atoms in total. The molecule has 1 aromatic heterocycles. The number of ether oxygens (including phenoxy) is 1. The zero-order valence-electron chi connectivity index (χ0n) is 14.1. The summed E-state index contributed by atoms with van der Waals surface area (Å²) in [5.41, 5.74) is 0.586. The van der Waals surface area contributed by atoms with Crippen LogP contribution in [0.3, 0.4) is 0 Å². The lowest BCUT2D eigenvalue weighted by atomic mass is 10.0. The summed E-state index contributed by atoms with van der Waals surface area (Å²) in [7, 11) is 0. The van der Waals surface area contributed by atoms with Crippen molar-refractivity contribution in [2.75, 3.05) is 43.0 Å². The number of aromatic nitrogens is 2. The van der Waals surface area contributed by atoms with E-state index in [4.69, 9.17) is 4.74 Å². The molecule has 24 heavy (non-hydrogen) atoms. The molecule has 3 rings (SSSR count). The van der Waals surface area contributed by atoms with Crippen molar-refractivity contribution in [3.63, 3.8) is 0 Å². The SMILES string of the molecule is CC(NC(=O)Nc1cnc(N2CCNCC2)nc1)C1CCCCO1. The Kier molecular flexibility index (Phi) is 5.81. The summed E-state index contributed by atoms with van der Waals surface area (Å²) in [6.45, 7) is 6.41. The minimum atomic E-state index is -0.254. The van der Waals surface area contributed by atoms with E-state index in [0.717, 1.165) is 52.0 Å². The molecule has 2 aliphatic rings. The maximum absolute atomic E-state index is 12.1. The fraction of sp³-hybridized carbons (Fsp3) is 0.688. The van der Waals surface area contributed by atoms with Crippen molar-refractivity contribution in [3.05, 3.63) is 12.4 Å². The second kappa shape index (κ2) is 8.25. The minimum Gasteiger partial charge on any atom is -0.376 e. The average molecular weight is 334 g/mol. The number of piperazine rings is 1. The van der Waals surface area contributed by atoms with E-state index in [1.165, 1.54) is 0 Å². The number of urea groups is 1. The minimum absolute atomic E-state index is 0.0219. The van der Waals surface area contributed by atoms with E-state index in [0.29, 0.717) is 11.6 Å². The zero-order valence-corrected chi connectivity index (χ0v) is 14.1. The third kappa shape index (κ3) is 4.55. The fourth-order valence-electron chi connectivity index (χ4n) is 3.04. The second-order valence-electron chi connectivity index (χ2n) is 6.30. The van der Waals surface area contributed by atoms with Crippen LogP contribution in [0.2, 0.25) is 0 Å². The molecule has 2 atom stereocenters. The van der Waals surface area contributed by atoms with Crippen LogP contribution in [0.15, 0.2) is 12.4 Å². The van der Waals surface area contributed by atoms with Crippen molar-refractivity contribution < 1.29 is 9.53 Å². The molecule has 0 bridgehead atoms. The van der Waals surface area contributed by atoms with Crippen LogP contribution in [0.25, 0.3) is 0 Å². The molecular formula is C16H26N6O2. The molecule has 2 saturated heterocycles. The molecule has 0 saturated carbocycles. The molecule has 0 aromatic carbocycles. The number of anilines is 2. The lowest BCUT2D eigenvalue weighted by Gasteiger charge is -2.28. The normalized spacial score (nSPS) is 22.7. The van der Waals surface area contributed by atoms with Crippen LogP contribution >= 0.6 is 0 Å². The summed E-state index contributed by atoms with van der Waals surface area (Å²) in [4.78, 5) is 22.9. The molecule has 2 amide bonds. The van der Waals surface area contributed by atoms with Gasteiger partial charge in [-0.25, -0.2) is 14.8 Å². The Morgan fingerprint density at radius 1 is 1.33 bits per heavy atom. The van der Waals surface area contributed by atoms with Gasteiger partial charge >= 0.3 is 6.03 Å². The van der Waals surface area contributed by atoms with Gasteiger partial charge in [-0.15, -0.1) is 0 Å². The first-order chi connectivity index (χ1) is 11.7. The highest BCUT2D eigenvalue weighted by molar-refractivity contribution is 5.89. The molecule has 2 unspecified atom stereocenters. The highest BCUT2D eigenvalue weighted by Crippen LogP contribution is 2.16. The van der Waals surface area contributed by atoms with E-state index < -0.39 is 0 Å². The number of carbonyl (C=O) groups is 1. The standard InChI is InChI=1S/C16H26N6O2/c1-12(14-4-2-3-9-24-14)20-16(23)21-13-10-18-15(19-11-13)22-7-5-17-6-8-22/h10-12,14,17H,2-9H2,1H3,(H2,20,21,23). The third-order valence-corrected chi connectivity index (χ3v) is 4.43. The summed E-state index contributed by atoms with van der Waals surface area (Å²) < 4.78 is 5.70. The van der Waals surface area contributed by atoms with Gasteiger partial charge in [0.05, 0.1) is 30.2 Å². The first-order valence-electron chi connectivity index (χ1n) is 8.69. The largest absolute Gasteiger partial charge is 0.376 e. The third-order valence-electron chi connectivity index (χ3n) is 4.43. The Morgan fingerprint density at radius 2 is 2.08 bits per heavy atom. The maximum atomic E-state index is 12.1. The van der Waals surface area contributed by atoms with E-state index in [1.54, 1.807) is 12.4 Å². The number of hydrogen-bond donors (Lipinski definition) is 3. The number of nitrogens with one attached hydrogen (secondary N) is 3. The molecule has 132 valence electrons. The van der Waals surface area contributed by atoms with Crippen LogP contribution in [-0.2, 0) is 4.74 Å². The van der Waals surface area contributed by atoms with Crippen molar-refractivity contribution >= 4 is 17.7 Å². The summed E-state index contributed by atoms with van der Waals surface area (Å²) >= 11 is 0. The number of amides is 2. The smallest absolute Gasteiger partial charge is 0.319 e. The van der Waals surface area contributed by atoms with Gasteiger partial charge in [-0.1, -0.05) is 0 Å². The van der Waals surface area contributed by atoms with Gasteiger partial charge < -0.3 is 25.6 Å². The van der Waals surface area contributed by atoms with Crippen molar-refractivity contribution in [1.29, 1.82) is 0 Å². The van der Waals surface area contributed by atoms with E-state index in [1.807, 2.05) is 6.92 Å². The molecule has 0 spiro atoms. The van der Waals surface area contributed by atoms with Gasteiger partial charge in [-0.3, -0.25) is 0 Å². The van der Waals surface area contributed by atoms with E-state index in [-0.39, 0.29) is 18.2 Å². The Morgan fingerprint density at radius 3 is 2.75 bits per heavy atom. The Labute approximate surface area is 142 Å². The fourth-order valence-corrected chi connectivity index (χ4v) is 3.04. The topological polar surface area (TPSA) is 91.4 Å². The van der Waals surface area contributed by atoms with Crippen molar-refractivity contribution in [2.45, 2.75) is 38.3 Å². The lowest BCUT2D eigenvalue weighted by Crippen LogP contribution is -2.45. The summed E-state index contributed by atoms with van der Waals surface area (Å²) in [5, 5.41) is 9.00. The first kappa shape index (κ1) is 16.9. The Balaban J connectivity index is 1.48. The number of carbonyl (C=O) groups excluding carboxylic acids is 1. The molecule has 0 radical (unpaired) electrons. The molecular weight excluding hydrogens is 308 g/mol. The molecule has 3 heterocycles. The van der Waals surface area contributed by atoms with Crippen LogP contribution in [0.1, 0.15) is 26.2 Å². The van der Waals surface area contributed by atoms with Gasteiger partial charge in [-0.05, 0) is 26.2 Å². The van der Waals surface area contributed by atoms with E-state index in [2.05, 4.69) is 30.8 Å². The van der Waals surface area contributed by atoms with E-state index in [9.17, 15) is 4.79 Å². The van der Waals surface area contributed by atoms with Gasteiger partial charge in [0.2, 0.25) is 5.95 Å². The van der Waals surface area contributed by atoms with Gasteiger partial charge in [0, 0.05) is 32.8 Å². The highest BCUT2D eigenvalue weighted by atomic mass is 16.5. The van der Waals surface area contributed by atoms with Crippen LogP contribution in [0.4, 0.5) is 16.4 Å². The monoisotopic (exact) mass is 334 g/mol. The van der Waals surface area contributed by atoms with E-state index >= 15 is 0 Å². The predicted octanol–water partition coefficient (Wildman–Crippen LogP) is 0.965. The molecule has 3 N–H and O–H groups in total. The maximum Gasteiger partial charge on any atom is 0.319 e. The van der Waals surface area contributed by atoms with Crippen LogP contribution < -0.4 is 20.9 Å². The molecule has 1 aromatic rings. The van der Waals surface area contributed by atoms with Crippen molar-refractivity contribution in [2.24, 2.45) is 0 Å². The quantitative estimate of drug-likeness (QED) is 0.760. The number of nitrogens with zero attached hydrogens (tertiary/aromatic N) is 3. The molecule has 2 aliphatic heterocycles. The Hall–Kier alpha value is -1.93. The van der Waals surface area contributed by atoms with Crippen molar-refractivity contribution in [3.8, 4) is 0 Å². The van der Waals surface area contributed by atoms with Gasteiger partial charge in [0.25, 0.3) is 0 Å². The van der Waals surface area contributed by atoms with Crippen molar-refractivity contribution in [1.82, 2.24) is 20.6 Å². The second-order valence-corrected chi connectivity index (χ2v) is 6.30. The molecule has 2 fully saturated rings. The number of hydrogen-bond acceptors (Lipinski definition) is 6. The summed E-state index contributed by atoms with van der Waals surface area (Å²) in [6, 6.07) is -0.276. The first-order valence-corrected chi connectivity index (χ1v) is 8.69. The van der Waals surface area contributed by atoms with Crippen LogP contribution in [0, 0.1) is 0 Å². The molecule has 8 heteroatoms. The average Bonchev–Trinajstić information content (AvgIpc) is 2.64.